The monoisotopic (exact) mass is 1120 g/mol. The Morgan fingerprint density at radius 3 is 0.762 bits per heavy atom. The third-order valence-corrected chi connectivity index (χ3v) is 15.8. The van der Waals surface area contributed by atoms with Gasteiger partial charge >= 0.3 is 17.9 Å². The third-order valence-electron chi connectivity index (χ3n) is 15.8. The SMILES string of the molecule is CC/C=C\C/C=C\C/C=C\C/C=C\C/C=C\CCCCCC(=O)OC(COC(=O)CCCCCCCCCCCCCCC)COC(=O)CCCCCCCCCCCCCCCCCCCCCCCCCCCCCCCC. The van der Waals surface area contributed by atoms with Gasteiger partial charge < -0.3 is 14.2 Å². The van der Waals surface area contributed by atoms with E-state index in [0.717, 1.165) is 96.3 Å². The van der Waals surface area contributed by atoms with E-state index in [1.807, 2.05) is 0 Å². The molecular weight excluding hydrogens is 985 g/mol. The van der Waals surface area contributed by atoms with Gasteiger partial charge in [-0.05, 0) is 64.2 Å². The summed E-state index contributed by atoms with van der Waals surface area (Å²) < 4.78 is 16.9. The van der Waals surface area contributed by atoms with Crippen LogP contribution in [0.4, 0.5) is 0 Å². The van der Waals surface area contributed by atoms with Gasteiger partial charge in [0.15, 0.2) is 6.10 Å². The standard InChI is InChI=1S/C74H134O6/c1-4-7-10-13-16-19-22-25-27-29-31-32-33-34-35-36-37-38-39-40-41-43-44-46-49-52-55-58-61-64-67-73(76)79-70-71(69-78-72(75)66-63-60-57-54-51-48-24-21-18-15-12-9-6-3)80-74(77)68-65-62-59-56-53-50-47-45-42-30-28-26-23-20-17-14-11-8-5-2/h8,11,17,20,26,28,42,45,50,53,71H,4-7,9-10,12-16,18-19,21-25,27,29-41,43-44,46-49,51-52,54-70H2,1-3H3/b11-8-,20-17-,28-26-,45-42-,53-50-. The maximum absolute atomic E-state index is 12.9. The van der Waals surface area contributed by atoms with Gasteiger partial charge in [0.1, 0.15) is 13.2 Å². The van der Waals surface area contributed by atoms with Crippen molar-refractivity contribution in [3.8, 4) is 0 Å². The minimum atomic E-state index is -0.790. The van der Waals surface area contributed by atoms with Crippen LogP contribution >= 0.6 is 0 Å². The zero-order valence-corrected chi connectivity index (χ0v) is 53.6. The summed E-state index contributed by atoms with van der Waals surface area (Å²) in [5.74, 6) is -0.893. The van der Waals surface area contributed by atoms with E-state index in [1.165, 1.54) is 238 Å². The van der Waals surface area contributed by atoms with Crippen molar-refractivity contribution in [1.82, 2.24) is 0 Å². The smallest absolute Gasteiger partial charge is 0.306 e. The summed E-state index contributed by atoms with van der Waals surface area (Å²) in [7, 11) is 0. The largest absolute Gasteiger partial charge is 0.462 e. The Bertz CT molecular complexity index is 1430. The van der Waals surface area contributed by atoms with Gasteiger partial charge in [0, 0.05) is 19.3 Å². The molecule has 80 heavy (non-hydrogen) atoms. The van der Waals surface area contributed by atoms with Crippen molar-refractivity contribution in [2.45, 2.75) is 380 Å². The molecule has 6 heteroatoms. The normalized spacial score (nSPS) is 12.4. The van der Waals surface area contributed by atoms with E-state index in [0.29, 0.717) is 19.3 Å². The second-order valence-electron chi connectivity index (χ2n) is 23.8. The molecule has 0 aromatic carbocycles. The zero-order valence-electron chi connectivity index (χ0n) is 53.6. The molecule has 0 amide bonds. The minimum absolute atomic E-state index is 0.0831. The van der Waals surface area contributed by atoms with Crippen LogP contribution in [0.2, 0.25) is 0 Å². The van der Waals surface area contributed by atoms with Crippen LogP contribution in [-0.4, -0.2) is 37.2 Å². The number of esters is 3. The molecule has 0 rings (SSSR count). The fourth-order valence-electron chi connectivity index (χ4n) is 10.5. The van der Waals surface area contributed by atoms with Gasteiger partial charge in [-0.3, -0.25) is 14.4 Å². The van der Waals surface area contributed by atoms with Crippen molar-refractivity contribution < 1.29 is 28.6 Å². The highest BCUT2D eigenvalue weighted by Gasteiger charge is 2.19. The Balaban J connectivity index is 4.21. The third kappa shape index (κ3) is 65.9. The molecule has 0 bridgehead atoms. The van der Waals surface area contributed by atoms with Gasteiger partial charge in [0.2, 0.25) is 0 Å². The number of ether oxygens (including phenoxy) is 3. The van der Waals surface area contributed by atoms with Crippen LogP contribution in [0.5, 0.6) is 0 Å². The van der Waals surface area contributed by atoms with Crippen LogP contribution in [0, 0.1) is 0 Å². The Kier molecular flexibility index (Phi) is 66.1. The highest BCUT2D eigenvalue weighted by Crippen LogP contribution is 2.19. The first-order valence-corrected chi connectivity index (χ1v) is 35.3. The summed E-state index contributed by atoms with van der Waals surface area (Å²) in [6, 6.07) is 0. The molecule has 466 valence electrons. The van der Waals surface area contributed by atoms with Crippen molar-refractivity contribution in [2.24, 2.45) is 0 Å². The quantitative estimate of drug-likeness (QED) is 0.0261. The Hall–Kier alpha value is -2.89. The van der Waals surface area contributed by atoms with E-state index in [-0.39, 0.29) is 31.1 Å². The first kappa shape index (κ1) is 77.1. The number of carbonyl (C=O) groups is 3. The molecule has 6 nitrogen and oxygen atoms in total. The second kappa shape index (κ2) is 68.6. The summed E-state index contributed by atoms with van der Waals surface area (Å²) in [5.41, 5.74) is 0. The molecule has 0 aliphatic heterocycles. The lowest BCUT2D eigenvalue weighted by Crippen LogP contribution is -2.30. The van der Waals surface area contributed by atoms with Crippen molar-refractivity contribution >= 4 is 17.9 Å². The number of carbonyl (C=O) groups excluding carboxylic acids is 3. The Labute approximate surface area is 498 Å². The molecule has 0 radical (unpaired) electrons. The summed E-state index contributed by atoms with van der Waals surface area (Å²) in [6.45, 7) is 6.56. The van der Waals surface area contributed by atoms with Crippen LogP contribution in [0.3, 0.4) is 0 Å². The van der Waals surface area contributed by atoms with E-state index in [9.17, 15) is 14.4 Å². The van der Waals surface area contributed by atoms with Gasteiger partial charge in [-0.2, -0.15) is 0 Å². The predicted octanol–water partition coefficient (Wildman–Crippen LogP) is 24.3. The lowest BCUT2D eigenvalue weighted by atomic mass is 10.0. The Morgan fingerprint density at radius 2 is 0.487 bits per heavy atom. The van der Waals surface area contributed by atoms with Crippen molar-refractivity contribution in [2.75, 3.05) is 13.2 Å². The molecule has 0 saturated carbocycles. The van der Waals surface area contributed by atoms with Crippen molar-refractivity contribution in [3.63, 3.8) is 0 Å². The van der Waals surface area contributed by atoms with Gasteiger partial charge in [-0.25, -0.2) is 0 Å². The maximum atomic E-state index is 12.9. The molecule has 0 aliphatic rings. The summed E-state index contributed by atoms with van der Waals surface area (Å²) in [6.07, 6.45) is 88.4. The van der Waals surface area contributed by atoms with E-state index < -0.39 is 6.10 Å². The lowest BCUT2D eigenvalue weighted by Gasteiger charge is -2.18. The molecule has 0 fully saturated rings. The number of hydrogen-bond acceptors (Lipinski definition) is 6. The number of allylic oxidation sites excluding steroid dienone is 10. The summed E-state index contributed by atoms with van der Waals surface area (Å²) in [5, 5.41) is 0. The molecule has 0 heterocycles. The second-order valence-corrected chi connectivity index (χ2v) is 23.8. The lowest BCUT2D eigenvalue weighted by molar-refractivity contribution is -0.167. The minimum Gasteiger partial charge on any atom is -0.462 e. The highest BCUT2D eigenvalue weighted by atomic mass is 16.6. The van der Waals surface area contributed by atoms with Crippen LogP contribution in [-0.2, 0) is 28.6 Å². The molecule has 0 aromatic heterocycles. The first-order valence-electron chi connectivity index (χ1n) is 35.3. The van der Waals surface area contributed by atoms with Crippen LogP contribution < -0.4 is 0 Å². The van der Waals surface area contributed by atoms with Gasteiger partial charge in [-0.1, -0.05) is 351 Å². The maximum Gasteiger partial charge on any atom is 0.306 e. The van der Waals surface area contributed by atoms with Crippen molar-refractivity contribution in [1.29, 1.82) is 0 Å². The highest BCUT2D eigenvalue weighted by molar-refractivity contribution is 5.71. The number of hydrogen-bond donors (Lipinski definition) is 0. The summed E-state index contributed by atoms with van der Waals surface area (Å²) >= 11 is 0. The molecule has 0 aromatic rings. The van der Waals surface area contributed by atoms with Crippen molar-refractivity contribution in [3.05, 3.63) is 60.8 Å². The summed E-state index contributed by atoms with van der Waals surface area (Å²) in [4.78, 5) is 38.4. The topological polar surface area (TPSA) is 78.9 Å². The van der Waals surface area contributed by atoms with E-state index in [1.54, 1.807) is 0 Å². The van der Waals surface area contributed by atoms with Crippen LogP contribution in [0.1, 0.15) is 374 Å². The van der Waals surface area contributed by atoms with Gasteiger partial charge in [0.05, 0.1) is 0 Å². The molecule has 0 aliphatic carbocycles. The molecule has 0 saturated heterocycles. The average molecular weight is 1120 g/mol. The molecular formula is C74H134O6. The van der Waals surface area contributed by atoms with E-state index in [2.05, 4.69) is 81.5 Å². The first-order chi connectivity index (χ1) is 39.5. The van der Waals surface area contributed by atoms with Crippen LogP contribution in [0.15, 0.2) is 60.8 Å². The van der Waals surface area contributed by atoms with E-state index in [4.69, 9.17) is 14.2 Å². The number of rotatable bonds is 65. The van der Waals surface area contributed by atoms with E-state index >= 15 is 0 Å². The molecule has 1 unspecified atom stereocenters. The fourth-order valence-corrected chi connectivity index (χ4v) is 10.5. The molecule has 0 N–H and O–H groups in total. The average Bonchev–Trinajstić information content (AvgIpc) is 3.46. The van der Waals surface area contributed by atoms with Crippen LogP contribution in [0.25, 0.3) is 0 Å². The number of unbranched alkanes of at least 4 members (excludes halogenated alkanes) is 44. The molecule has 1 atom stereocenters. The Morgan fingerprint density at radius 1 is 0.263 bits per heavy atom. The molecule has 0 spiro atoms. The fraction of sp³-hybridized carbons (Fsp3) is 0.824. The predicted molar refractivity (Wildman–Crippen MR) is 348 cm³/mol. The van der Waals surface area contributed by atoms with Gasteiger partial charge in [-0.15, -0.1) is 0 Å². The van der Waals surface area contributed by atoms with Gasteiger partial charge in [0.25, 0.3) is 0 Å². The zero-order chi connectivity index (χ0) is 57.8.